The zero-order chi connectivity index (χ0) is 9.47. The Balaban J connectivity index is 2.16. The minimum absolute atomic E-state index is 0.0708. The molecule has 0 bridgehead atoms. The van der Waals surface area contributed by atoms with E-state index in [0.29, 0.717) is 11.8 Å². The normalized spacial score (nSPS) is 32.2. The summed E-state index contributed by atoms with van der Waals surface area (Å²) in [4.78, 5) is 0. The van der Waals surface area contributed by atoms with Crippen molar-refractivity contribution < 1.29 is 0 Å². The molecule has 1 fully saturated rings. The molecule has 1 aromatic rings. The molecule has 13 heavy (non-hydrogen) atoms. The first-order chi connectivity index (χ1) is 6.14. The Hall–Kier alpha value is -0.820. The summed E-state index contributed by atoms with van der Waals surface area (Å²) in [6.07, 6.45) is 1.15. The topological polar surface area (TPSA) is 26.0 Å². The van der Waals surface area contributed by atoms with E-state index in [1.165, 1.54) is 5.56 Å². The number of hydrogen-bond acceptors (Lipinski definition) is 1. The van der Waals surface area contributed by atoms with Gasteiger partial charge in [0, 0.05) is 11.5 Å². The Kier molecular flexibility index (Phi) is 1.92. The SMILES string of the molecule is CC(C)[C@@]1(N)C[C@@H]1c1ccccc1. The lowest BCUT2D eigenvalue weighted by atomic mass is 9.97. The quantitative estimate of drug-likeness (QED) is 0.734. The van der Waals surface area contributed by atoms with Crippen molar-refractivity contribution >= 4 is 0 Å². The van der Waals surface area contributed by atoms with Gasteiger partial charge in [0.2, 0.25) is 0 Å². The predicted molar refractivity (Wildman–Crippen MR) is 55.6 cm³/mol. The van der Waals surface area contributed by atoms with Gasteiger partial charge < -0.3 is 5.73 Å². The molecular weight excluding hydrogens is 158 g/mol. The number of nitrogens with two attached hydrogens (primary N) is 1. The fourth-order valence-corrected chi connectivity index (χ4v) is 2.05. The molecule has 2 atom stereocenters. The summed E-state index contributed by atoms with van der Waals surface area (Å²) >= 11 is 0. The van der Waals surface area contributed by atoms with Crippen LogP contribution in [0.4, 0.5) is 0 Å². The number of hydrogen-bond donors (Lipinski definition) is 1. The minimum atomic E-state index is 0.0708. The zero-order valence-electron chi connectivity index (χ0n) is 8.33. The third-order valence-electron chi connectivity index (χ3n) is 3.32. The molecule has 0 radical (unpaired) electrons. The Morgan fingerprint density at radius 3 is 2.38 bits per heavy atom. The van der Waals surface area contributed by atoms with Crippen molar-refractivity contribution in [2.24, 2.45) is 11.7 Å². The van der Waals surface area contributed by atoms with Crippen molar-refractivity contribution in [2.45, 2.75) is 31.7 Å². The number of benzene rings is 1. The second kappa shape index (κ2) is 2.85. The van der Waals surface area contributed by atoms with Gasteiger partial charge >= 0.3 is 0 Å². The van der Waals surface area contributed by atoms with Gasteiger partial charge in [-0.2, -0.15) is 0 Å². The lowest BCUT2D eigenvalue weighted by Crippen LogP contribution is -2.30. The van der Waals surface area contributed by atoms with Gasteiger partial charge in [-0.25, -0.2) is 0 Å². The molecule has 70 valence electrons. The maximum atomic E-state index is 6.27. The molecule has 0 heterocycles. The van der Waals surface area contributed by atoms with Crippen LogP contribution in [-0.4, -0.2) is 5.54 Å². The van der Waals surface area contributed by atoms with Crippen molar-refractivity contribution in [3.05, 3.63) is 35.9 Å². The van der Waals surface area contributed by atoms with E-state index in [0.717, 1.165) is 6.42 Å². The van der Waals surface area contributed by atoms with E-state index < -0.39 is 0 Å². The highest BCUT2D eigenvalue weighted by Crippen LogP contribution is 2.53. The summed E-state index contributed by atoms with van der Waals surface area (Å²) in [7, 11) is 0. The molecule has 1 aliphatic rings. The van der Waals surface area contributed by atoms with Crippen LogP contribution in [0.15, 0.2) is 30.3 Å². The van der Waals surface area contributed by atoms with Crippen molar-refractivity contribution in [1.29, 1.82) is 0 Å². The van der Waals surface area contributed by atoms with Crippen LogP contribution in [0.5, 0.6) is 0 Å². The van der Waals surface area contributed by atoms with E-state index in [1.807, 2.05) is 0 Å². The molecule has 0 unspecified atom stereocenters. The average Bonchev–Trinajstić information content (AvgIpc) is 2.81. The first-order valence-corrected chi connectivity index (χ1v) is 4.98. The van der Waals surface area contributed by atoms with Crippen molar-refractivity contribution in [2.75, 3.05) is 0 Å². The van der Waals surface area contributed by atoms with Crippen LogP contribution in [-0.2, 0) is 0 Å². The molecule has 2 N–H and O–H groups in total. The van der Waals surface area contributed by atoms with Crippen LogP contribution in [0.1, 0.15) is 31.7 Å². The molecule has 1 aromatic carbocycles. The maximum absolute atomic E-state index is 6.27. The molecule has 2 rings (SSSR count). The largest absolute Gasteiger partial charge is 0.324 e. The summed E-state index contributed by atoms with van der Waals surface area (Å²) in [6, 6.07) is 10.6. The van der Waals surface area contributed by atoms with Gasteiger partial charge in [0.15, 0.2) is 0 Å². The van der Waals surface area contributed by atoms with Crippen LogP contribution in [0.2, 0.25) is 0 Å². The Labute approximate surface area is 80.0 Å². The summed E-state index contributed by atoms with van der Waals surface area (Å²) in [5, 5.41) is 0. The smallest absolute Gasteiger partial charge is 0.0254 e. The first-order valence-electron chi connectivity index (χ1n) is 4.98. The van der Waals surface area contributed by atoms with E-state index in [2.05, 4.69) is 44.2 Å². The highest BCUT2D eigenvalue weighted by Gasteiger charge is 2.53. The van der Waals surface area contributed by atoms with Gasteiger partial charge in [-0.3, -0.25) is 0 Å². The van der Waals surface area contributed by atoms with Gasteiger partial charge in [-0.15, -0.1) is 0 Å². The maximum Gasteiger partial charge on any atom is 0.0254 e. The van der Waals surface area contributed by atoms with Crippen LogP contribution in [0.3, 0.4) is 0 Å². The van der Waals surface area contributed by atoms with Gasteiger partial charge in [-0.05, 0) is 17.9 Å². The third kappa shape index (κ3) is 1.37. The standard InChI is InChI=1S/C12H17N/c1-9(2)12(13)8-11(12)10-6-4-3-5-7-10/h3-7,9,11H,8,13H2,1-2H3/t11-,12+/m1/s1. The Morgan fingerprint density at radius 1 is 1.31 bits per heavy atom. The summed E-state index contributed by atoms with van der Waals surface area (Å²) in [5.41, 5.74) is 7.74. The fraction of sp³-hybridized carbons (Fsp3) is 0.500. The van der Waals surface area contributed by atoms with E-state index in [4.69, 9.17) is 5.73 Å². The van der Waals surface area contributed by atoms with Crippen molar-refractivity contribution in [3.63, 3.8) is 0 Å². The van der Waals surface area contributed by atoms with Crippen LogP contribution < -0.4 is 5.73 Å². The van der Waals surface area contributed by atoms with E-state index in [1.54, 1.807) is 0 Å². The monoisotopic (exact) mass is 175 g/mol. The molecule has 1 aliphatic carbocycles. The average molecular weight is 175 g/mol. The third-order valence-corrected chi connectivity index (χ3v) is 3.32. The van der Waals surface area contributed by atoms with Gasteiger partial charge in [0.05, 0.1) is 0 Å². The fourth-order valence-electron chi connectivity index (χ4n) is 2.05. The number of rotatable bonds is 2. The minimum Gasteiger partial charge on any atom is -0.324 e. The van der Waals surface area contributed by atoms with Gasteiger partial charge in [0.1, 0.15) is 0 Å². The van der Waals surface area contributed by atoms with Crippen LogP contribution >= 0.6 is 0 Å². The van der Waals surface area contributed by atoms with Crippen LogP contribution in [0, 0.1) is 5.92 Å². The highest BCUT2D eigenvalue weighted by atomic mass is 14.9. The Morgan fingerprint density at radius 2 is 1.92 bits per heavy atom. The molecule has 0 spiro atoms. The zero-order valence-corrected chi connectivity index (χ0v) is 8.33. The van der Waals surface area contributed by atoms with Gasteiger partial charge in [-0.1, -0.05) is 44.2 Å². The first kappa shape index (κ1) is 8.76. The lowest BCUT2D eigenvalue weighted by Gasteiger charge is -2.15. The second-order valence-electron chi connectivity index (χ2n) is 4.43. The predicted octanol–water partition coefficient (Wildman–Crippen LogP) is 2.53. The lowest BCUT2D eigenvalue weighted by molar-refractivity contribution is 0.464. The highest BCUT2D eigenvalue weighted by molar-refractivity contribution is 5.33. The molecule has 0 aliphatic heterocycles. The molecule has 0 saturated heterocycles. The molecule has 0 aromatic heterocycles. The molecular formula is C12H17N. The molecule has 1 nitrogen and oxygen atoms in total. The van der Waals surface area contributed by atoms with E-state index >= 15 is 0 Å². The van der Waals surface area contributed by atoms with Crippen LogP contribution in [0.25, 0.3) is 0 Å². The van der Waals surface area contributed by atoms with Gasteiger partial charge in [0.25, 0.3) is 0 Å². The van der Waals surface area contributed by atoms with Crippen molar-refractivity contribution in [3.8, 4) is 0 Å². The molecule has 1 heteroatoms. The Bertz CT molecular complexity index is 291. The molecule has 0 amide bonds. The van der Waals surface area contributed by atoms with E-state index in [-0.39, 0.29) is 5.54 Å². The summed E-state index contributed by atoms with van der Waals surface area (Å²) in [6.45, 7) is 4.42. The summed E-state index contributed by atoms with van der Waals surface area (Å²) in [5.74, 6) is 1.17. The van der Waals surface area contributed by atoms with E-state index in [9.17, 15) is 0 Å². The summed E-state index contributed by atoms with van der Waals surface area (Å²) < 4.78 is 0. The van der Waals surface area contributed by atoms with Crippen molar-refractivity contribution in [1.82, 2.24) is 0 Å². The molecule has 1 saturated carbocycles. The second-order valence-corrected chi connectivity index (χ2v) is 4.43.